The number of hydrogen-bond donors (Lipinski definition) is 1. The minimum atomic E-state index is 0.444. The van der Waals surface area contributed by atoms with Crippen LogP contribution in [0, 0.1) is 0 Å². The van der Waals surface area contributed by atoms with Crippen LogP contribution in [0.2, 0.25) is 0 Å². The van der Waals surface area contributed by atoms with Crippen LogP contribution in [0.25, 0.3) is 10.1 Å². The second-order valence-electron chi connectivity index (χ2n) is 4.56. The predicted molar refractivity (Wildman–Crippen MR) is 75.8 cm³/mol. The lowest BCUT2D eigenvalue weighted by molar-refractivity contribution is 0.477. The van der Waals surface area contributed by atoms with E-state index in [4.69, 9.17) is 0 Å². The van der Waals surface area contributed by atoms with E-state index in [1.54, 1.807) is 11.3 Å². The quantitative estimate of drug-likeness (QED) is 0.871. The van der Waals surface area contributed by atoms with Crippen molar-refractivity contribution in [3.8, 4) is 0 Å². The zero-order chi connectivity index (χ0) is 12.3. The first kappa shape index (κ1) is 12.5. The summed E-state index contributed by atoms with van der Waals surface area (Å²) in [5.74, 6) is 0.444. The highest BCUT2D eigenvalue weighted by Crippen LogP contribution is 2.28. The number of nitrogens with one attached hydrogen (secondary N) is 1. The Morgan fingerprint density at radius 3 is 2.94 bits per heavy atom. The van der Waals surface area contributed by atoms with E-state index in [0.717, 1.165) is 6.54 Å². The maximum atomic E-state index is 4.57. The number of nitrogens with zero attached hydrogens (tertiary/aromatic N) is 1. The third-order valence-corrected chi connectivity index (χ3v) is 4.19. The van der Waals surface area contributed by atoms with Gasteiger partial charge in [0.15, 0.2) is 0 Å². The minimum Gasteiger partial charge on any atom is -0.314 e. The van der Waals surface area contributed by atoms with Gasteiger partial charge < -0.3 is 5.32 Å². The lowest BCUT2D eigenvalue weighted by atomic mass is 9.97. The normalized spacial score (nSPS) is 15.0. The van der Waals surface area contributed by atoms with Gasteiger partial charge in [0.1, 0.15) is 0 Å². The lowest BCUT2D eigenvalue weighted by Crippen LogP contribution is -2.31. The number of hydrogen-bond acceptors (Lipinski definition) is 3. The molecule has 0 radical (unpaired) electrons. The Balaban J connectivity index is 2.23. The molecule has 0 aromatic carbocycles. The van der Waals surface area contributed by atoms with E-state index in [1.165, 1.54) is 22.2 Å². The average Bonchev–Trinajstić information content (AvgIpc) is 2.82. The topological polar surface area (TPSA) is 24.9 Å². The van der Waals surface area contributed by atoms with Crippen molar-refractivity contribution in [1.29, 1.82) is 0 Å². The number of pyridine rings is 1. The van der Waals surface area contributed by atoms with E-state index in [0.29, 0.717) is 12.0 Å². The molecule has 0 saturated carbocycles. The van der Waals surface area contributed by atoms with Crippen LogP contribution in [0.5, 0.6) is 0 Å². The van der Waals surface area contributed by atoms with Gasteiger partial charge in [0.2, 0.25) is 0 Å². The summed E-state index contributed by atoms with van der Waals surface area (Å²) in [7, 11) is 0. The second-order valence-corrected chi connectivity index (χ2v) is 5.51. The molecule has 0 saturated heterocycles. The molecule has 2 aromatic rings. The van der Waals surface area contributed by atoms with Crippen LogP contribution < -0.4 is 5.32 Å². The number of thiophene rings is 1. The van der Waals surface area contributed by atoms with E-state index in [-0.39, 0.29) is 0 Å². The van der Waals surface area contributed by atoms with Crippen molar-refractivity contribution in [3.05, 3.63) is 29.4 Å². The second kappa shape index (κ2) is 5.61. The van der Waals surface area contributed by atoms with E-state index in [9.17, 15) is 0 Å². The van der Waals surface area contributed by atoms with E-state index in [2.05, 4.69) is 48.6 Å². The van der Waals surface area contributed by atoms with Crippen molar-refractivity contribution < 1.29 is 0 Å². The number of rotatable bonds is 5. The maximum Gasteiger partial charge on any atom is 0.0533 e. The molecule has 2 atom stereocenters. The molecule has 2 unspecified atom stereocenters. The van der Waals surface area contributed by atoms with Crippen LogP contribution in [-0.4, -0.2) is 17.6 Å². The zero-order valence-corrected chi connectivity index (χ0v) is 11.6. The van der Waals surface area contributed by atoms with Crippen molar-refractivity contribution in [3.63, 3.8) is 0 Å². The largest absolute Gasteiger partial charge is 0.314 e. The highest BCUT2D eigenvalue weighted by Gasteiger charge is 2.17. The molecular formula is C14H20N2S. The molecule has 92 valence electrons. The minimum absolute atomic E-state index is 0.444. The summed E-state index contributed by atoms with van der Waals surface area (Å²) in [5.41, 5.74) is 1.22. The smallest absolute Gasteiger partial charge is 0.0533 e. The summed E-state index contributed by atoms with van der Waals surface area (Å²) in [4.78, 5) is 4.57. The number of aromatic nitrogens is 1. The van der Waals surface area contributed by atoms with E-state index < -0.39 is 0 Å². The molecule has 0 aliphatic heterocycles. The molecule has 2 heterocycles. The maximum absolute atomic E-state index is 4.57. The van der Waals surface area contributed by atoms with Crippen LogP contribution in [0.15, 0.2) is 23.7 Å². The van der Waals surface area contributed by atoms with Crippen molar-refractivity contribution in [1.82, 2.24) is 10.3 Å². The van der Waals surface area contributed by atoms with Gasteiger partial charge in [0.05, 0.1) is 5.69 Å². The van der Waals surface area contributed by atoms with E-state index >= 15 is 0 Å². The molecule has 1 N–H and O–H groups in total. The molecule has 2 aromatic heterocycles. The Kier molecular flexibility index (Phi) is 4.13. The SMILES string of the molecule is CCCNC(C)C(C)c1nccc2sccc12. The van der Waals surface area contributed by atoms with Gasteiger partial charge in [-0.15, -0.1) is 11.3 Å². The monoisotopic (exact) mass is 248 g/mol. The molecule has 0 spiro atoms. The fraction of sp³-hybridized carbons (Fsp3) is 0.500. The Morgan fingerprint density at radius 2 is 2.18 bits per heavy atom. The third-order valence-electron chi connectivity index (χ3n) is 3.31. The Morgan fingerprint density at radius 1 is 1.35 bits per heavy atom. The number of fused-ring (bicyclic) bond motifs is 1. The van der Waals surface area contributed by atoms with Crippen LogP contribution in [-0.2, 0) is 0 Å². The molecule has 0 aliphatic carbocycles. The first-order chi connectivity index (χ1) is 8.24. The standard InChI is InChI=1S/C14H20N2S/c1-4-7-15-11(3)10(2)14-12-6-9-17-13(12)5-8-16-14/h5-6,8-11,15H,4,7H2,1-3H3. The third kappa shape index (κ3) is 2.67. The molecule has 0 bridgehead atoms. The Labute approximate surface area is 107 Å². The van der Waals surface area contributed by atoms with Crippen LogP contribution >= 0.6 is 11.3 Å². The first-order valence-corrected chi connectivity index (χ1v) is 7.17. The summed E-state index contributed by atoms with van der Waals surface area (Å²) in [5, 5.41) is 7.01. The van der Waals surface area contributed by atoms with E-state index in [1.807, 2.05) is 6.20 Å². The van der Waals surface area contributed by atoms with Crippen LogP contribution in [0.3, 0.4) is 0 Å². The fourth-order valence-electron chi connectivity index (χ4n) is 2.06. The lowest BCUT2D eigenvalue weighted by Gasteiger charge is -2.21. The molecule has 0 aliphatic rings. The van der Waals surface area contributed by atoms with Gasteiger partial charge in [-0.1, -0.05) is 13.8 Å². The zero-order valence-electron chi connectivity index (χ0n) is 10.7. The van der Waals surface area contributed by atoms with Gasteiger partial charge in [-0.05, 0) is 37.4 Å². The molecule has 3 heteroatoms. The van der Waals surface area contributed by atoms with Gasteiger partial charge in [0.25, 0.3) is 0 Å². The Bertz CT molecular complexity index is 478. The molecule has 0 amide bonds. The first-order valence-electron chi connectivity index (χ1n) is 6.29. The van der Waals surface area contributed by atoms with Gasteiger partial charge in [-0.25, -0.2) is 0 Å². The predicted octanol–water partition coefficient (Wildman–Crippen LogP) is 3.79. The van der Waals surface area contributed by atoms with Crippen molar-refractivity contribution in [2.24, 2.45) is 0 Å². The van der Waals surface area contributed by atoms with Gasteiger partial charge in [-0.2, -0.15) is 0 Å². The van der Waals surface area contributed by atoms with Crippen LogP contribution in [0.1, 0.15) is 38.8 Å². The molecule has 17 heavy (non-hydrogen) atoms. The van der Waals surface area contributed by atoms with Gasteiger partial charge >= 0.3 is 0 Å². The highest BCUT2D eigenvalue weighted by molar-refractivity contribution is 7.17. The van der Waals surface area contributed by atoms with Gasteiger partial charge in [0, 0.05) is 28.2 Å². The summed E-state index contributed by atoms with van der Waals surface area (Å²) in [6.07, 6.45) is 3.10. The van der Waals surface area contributed by atoms with Crippen LogP contribution in [0.4, 0.5) is 0 Å². The van der Waals surface area contributed by atoms with Crippen molar-refractivity contribution >= 4 is 21.4 Å². The molecular weight excluding hydrogens is 228 g/mol. The Hall–Kier alpha value is -0.930. The molecule has 2 nitrogen and oxygen atoms in total. The van der Waals surface area contributed by atoms with Crippen molar-refractivity contribution in [2.45, 2.75) is 39.2 Å². The molecule has 2 rings (SSSR count). The summed E-state index contributed by atoms with van der Waals surface area (Å²) in [6, 6.07) is 4.75. The van der Waals surface area contributed by atoms with Gasteiger partial charge in [-0.3, -0.25) is 4.98 Å². The van der Waals surface area contributed by atoms with Crippen molar-refractivity contribution in [2.75, 3.05) is 6.54 Å². The fourth-order valence-corrected chi connectivity index (χ4v) is 2.85. The average molecular weight is 248 g/mol. The highest BCUT2D eigenvalue weighted by atomic mass is 32.1. The summed E-state index contributed by atoms with van der Waals surface area (Å²) < 4.78 is 1.34. The molecule has 0 fully saturated rings. The summed E-state index contributed by atoms with van der Waals surface area (Å²) >= 11 is 1.79. The summed E-state index contributed by atoms with van der Waals surface area (Å²) in [6.45, 7) is 7.77.